The highest BCUT2D eigenvalue weighted by atomic mass is 16.1. The first kappa shape index (κ1) is 14.7. The summed E-state index contributed by atoms with van der Waals surface area (Å²) in [7, 11) is 1.94. The molecular formula is C13H24N4O. The highest BCUT2D eigenvalue weighted by molar-refractivity contribution is 5.76. The molecule has 1 atom stereocenters. The summed E-state index contributed by atoms with van der Waals surface area (Å²) in [5.41, 5.74) is 8.81. The molecule has 0 saturated heterocycles. The molecule has 102 valence electrons. The van der Waals surface area contributed by atoms with Gasteiger partial charge in [-0.1, -0.05) is 0 Å². The average Bonchev–Trinajstić information content (AvgIpc) is 2.53. The van der Waals surface area contributed by atoms with E-state index in [9.17, 15) is 4.79 Å². The molecule has 0 aliphatic rings. The molecule has 0 saturated carbocycles. The molecule has 0 aliphatic carbocycles. The summed E-state index contributed by atoms with van der Waals surface area (Å²) in [6.45, 7) is 6.64. The number of nitrogens with two attached hydrogens (primary N) is 1. The van der Waals surface area contributed by atoms with E-state index in [-0.39, 0.29) is 11.9 Å². The molecule has 0 aliphatic heterocycles. The second-order valence-electron chi connectivity index (χ2n) is 4.84. The summed E-state index contributed by atoms with van der Waals surface area (Å²) in [5, 5.41) is 7.38. The highest BCUT2D eigenvalue weighted by Crippen LogP contribution is 2.14. The summed E-state index contributed by atoms with van der Waals surface area (Å²) in [6, 6.07) is 0.122. The van der Waals surface area contributed by atoms with E-state index in [0.29, 0.717) is 13.0 Å². The van der Waals surface area contributed by atoms with Crippen LogP contribution in [-0.2, 0) is 18.3 Å². The molecule has 1 unspecified atom stereocenters. The van der Waals surface area contributed by atoms with Gasteiger partial charge in [0.1, 0.15) is 0 Å². The van der Waals surface area contributed by atoms with Crippen molar-refractivity contribution < 1.29 is 4.79 Å². The Kier molecular flexibility index (Phi) is 5.34. The monoisotopic (exact) mass is 252 g/mol. The number of rotatable bonds is 6. The van der Waals surface area contributed by atoms with Crippen LogP contribution in [0.5, 0.6) is 0 Å². The first-order valence-electron chi connectivity index (χ1n) is 6.44. The predicted octanol–water partition coefficient (Wildman–Crippen LogP) is 0.823. The van der Waals surface area contributed by atoms with Crippen LogP contribution in [0.4, 0.5) is 0 Å². The number of nitrogens with zero attached hydrogens (tertiary/aromatic N) is 2. The molecule has 1 rings (SSSR count). The van der Waals surface area contributed by atoms with E-state index in [1.54, 1.807) is 0 Å². The number of amides is 1. The van der Waals surface area contributed by atoms with Crippen LogP contribution in [0.1, 0.15) is 36.7 Å². The third kappa shape index (κ3) is 3.84. The lowest BCUT2D eigenvalue weighted by Gasteiger charge is -2.14. The molecule has 1 aromatic heterocycles. The molecule has 5 heteroatoms. The fourth-order valence-electron chi connectivity index (χ4n) is 2.08. The molecule has 3 N–H and O–H groups in total. The molecule has 1 amide bonds. The van der Waals surface area contributed by atoms with Crippen molar-refractivity contribution in [2.24, 2.45) is 12.8 Å². The van der Waals surface area contributed by atoms with Gasteiger partial charge in [-0.15, -0.1) is 0 Å². The molecular weight excluding hydrogens is 228 g/mol. The number of aryl methyl sites for hydroxylation is 2. The maximum Gasteiger partial charge on any atom is 0.220 e. The maximum atomic E-state index is 11.6. The average molecular weight is 252 g/mol. The van der Waals surface area contributed by atoms with Crippen LogP contribution >= 0.6 is 0 Å². The van der Waals surface area contributed by atoms with E-state index in [4.69, 9.17) is 5.73 Å². The van der Waals surface area contributed by atoms with Gasteiger partial charge in [-0.2, -0.15) is 5.10 Å². The van der Waals surface area contributed by atoms with Gasteiger partial charge in [0.15, 0.2) is 0 Å². The number of aromatic nitrogens is 2. The van der Waals surface area contributed by atoms with Crippen LogP contribution in [0.25, 0.3) is 0 Å². The van der Waals surface area contributed by atoms with Crippen LogP contribution in [0, 0.1) is 13.8 Å². The van der Waals surface area contributed by atoms with E-state index >= 15 is 0 Å². The van der Waals surface area contributed by atoms with E-state index in [2.05, 4.69) is 17.3 Å². The zero-order valence-corrected chi connectivity index (χ0v) is 11.8. The number of carbonyl (C=O) groups excluding carboxylic acids is 1. The lowest BCUT2D eigenvalue weighted by molar-refractivity contribution is -0.121. The van der Waals surface area contributed by atoms with E-state index in [1.807, 2.05) is 25.6 Å². The van der Waals surface area contributed by atoms with Crippen LogP contribution in [-0.4, -0.2) is 28.3 Å². The fraction of sp³-hybridized carbons (Fsp3) is 0.692. The largest absolute Gasteiger partial charge is 0.353 e. The number of hydrogen-bond donors (Lipinski definition) is 2. The fourth-order valence-corrected chi connectivity index (χ4v) is 2.08. The minimum atomic E-state index is 0.0761. The van der Waals surface area contributed by atoms with Gasteiger partial charge in [-0.25, -0.2) is 0 Å². The lowest BCUT2D eigenvalue weighted by atomic mass is 10.1. The Bertz CT molecular complexity index is 411. The quantitative estimate of drug-likeness (QED) is 0.787. The minimum absolute atomic E-state index is 0.0761. The summed E-state index contributed by atoms with van der Waals surface area (Å²) >= 11 is 0. The molecule has 0 spiro atoms. The van der Waals surface area contributed by atoms with E-state index < -0.39 is 0 Å². The van der Waals surface area contributed by atoms with Crippen molar-refractivity contribution in [2.75, 3.05) is 6.54 Å². The third-order valence-corrected chi connectivity index (χ3v) is 3.18. The normalized spacial score (nSPS) is 12.5. The van der Waals surface area contributed by atoms with Crippen LogP contribution in [0.2, 0.25) is 0 Å². The van der Waals surface area contributed by atoms with Crippen molar-refractivity contribution in [1.82, 2.24) is 15.1 Å². The van der Waals surface area contributed by atoms with Crippen molar-refractivity contribution in [2.45, 2.75) is 46.1 Å². The van der Waals surface area contributed by atoms with Crippen LogP contribution in [0.15, 0.2) is 0 Å². The maximum absolute atomic E-state index is 11.6. The lowest BCUT2D eigenvalue weighted by Crippen LogP contribution is -2.34. The summed E-state index contributed by atoms with van der Waals surface area (Å²) in [5.74, 6) is 0.0761. The number of nitrogens with one attached hydrogen (secondary N) is 1. The predicted molar refractivity (Wildman–Crippen MR) is 72.3 cm³/mol. The molecule has 0 fully saturated rings. The topological polar surface area (TPSA) is 72.9 Å². The Morgan fingerprint density at radius 2 is 2.17 bits per heavy atom. The third-order valence-electron chi connectivity index (χ3n) is 3.18. The summed E-state index contributed by atoms with van der Waals surface area (Å²) < 4.78 is 1.88. The second-order valence-corrected chi connectivity index (χ2v) is 4.84. The summed E-state index contributed by atoms with van der Waals surface area (Å²) in [4.78, 5) is 11.6. The second kappa shape index (κ2) is 6.54. The molecule has 1 aromatic rings. The molecule has 18 heavy (non-hydrogen) atoms. The van der Waals surface area contributed by atoms with Gasteiger partial charge in [0.05, 0.1) is 5.69 Å². The first-order chi connectivity index (χ1) is 8.45. The van der Waals surface area contributed by atoms with Crippen molar-refractivity contribution in [3.05, 3.63) is 17.0 Å². The van der Waals surface area contributed by atoms with Crippen molar-refractivity contribution in [3.8, 4) is 0 Å². The van der Waals surface area contributed by atoms with Gasteiger partial charge in [-0.3, -0.25) is 9.48 Å². The van der Waals surface area contributed by atoms with Gasteiger partial charge < -0.3 is 11.1 Å². The molecule has 5 nitrogen and oxygen atoms in total. The van der Waals surface area contributed by atoms with Crippen LogP contribution < -0.4 is 11.1 Å². The Hall–Kier alpha value is -1.36. The Morgan fingerprint density at radius 1 is 1.50 bits per heavy atom. The zero-order chi connectivity index (χ0) is 13.7. The Morgan fingerprint density at radius 3 is 2.67 bits per heavy atom. The Balaban J connectivity index is 2.54. The standard InChI is InChI=1S/C13H24N4O/c1-9(15-13(18)6-5-7-14)8-12-10(2)16-17(4)11(12)3/h9H,5-8,14H2,1-4H3,(H,15,18). The SMILES string of the molecule is Cc1nn(C)c(C)c1CC(C)NC(=O)CCCN. The van der Waals surface area contributed by atoms with Crippen molar-refractivity contribution in [3.63, 3.8) is 0 Å². The van der Waals surface area contributed by atoms with Crippen LogP contribution in [0.3, 0.4) is 0 Å². The molecule has 1 heterocycles. The molecule has 0 radical (unpaired) electrons. The van der Waals surface area contributed by atoms with Gasteiger partial charge in [-0.05, 0) is 45.7 Å². The first-order valence-corrected chi connectivity index (χ1v) is 6.44. The zero-order valence-electron chi connectivity index (χ0n) is 11.8. The van der Waals surface area contributed by atoms with Crippen molar-refractivity contribution >= 4 is 5.91 Å². The van der Waals surface area contributed by atoms with E-state index in [1.165, 1.54) is 5.56 Å². The minimum Gasteiger partial charge on any atom is -0.353 e. The van der Waals surface area contributed by atoms with E-state index in [0.717, 1.165) is 24.2 Å². The van der Waals surface area contributed by atoms with Gasteiger partial charge in [0, 0.05) is 25.2 Å². The molecule has 0 aromatic carbocycles. The van der Waals surface area contributed by atoms with Gasteiger partial charge >= 0.3 is 0 Å². The number of hydrogen-bond acceptors (Lipinski definition) is 3. The Labute approximate surface area is 109 Å². The molecule has 0 bridgehead atoms. The smallest absolute Gasteiger partial charge is 0.220 e. The number of carbonyl (C=O) groups is 1. The van der Waals surface area contributed by atoms with Crippen molar-refractivity contribution in [1.29, 1.82) is 0 Å². The van der Waals surface area contributed by atoms with Gasteiger partial charge in [0.2, 0.25) is 5.91 Å². The highest BCUT2D eigenvalue weighted by Gasteiger charge is 2.14. The van der Waals surface area contributed by atoms with Gasteiger partial charge in [0.25, 0.3) is 0 Å². The summed E-state index contributed by atoms with van der Waals surface area (Å²) in [6.07, 6.45) is 2.06.